The lowest BCUT2D eigenvalue weighted by atomic mass is 10.1. The Morgan fingerprint density at radius 3 is 3.07 bits per heavy atom. The van der Waals surface area contributed by atoms with Crippen LogP contribution in [0.3, 0.4) is 0 Å². The fourth-order valence-electron chi connectivity index (χ4n) is 3.15. The Kier molecular flexibility index (Phi) is 4.82. The van der Waals surface area contributed by atoms with E-state index in [1.54, 1.807) is 42.1 Å². The molecule has 1 aliphatic heterocycles. The smallest absolute Gasteiger partial charge is 0.276 e. The molecule has 28 heavy (non-hydrogen) atoms. The first-order valence-corrected chi connectivity index (χ1v) is 8.90. The maximum atomic E-state index is 14.0. The zero-order chi connectivity index (χ0) is 19.7. The molecule has 0 radical (unpaired) electrons. The Labute approximate surface area is 160 Å². The summed E-state index contributed by atoms with van der Waals surface area (Å²) in [5, 5.41) is 7.86. The molecule has 1 fully saturated rings. The predicted molar refractivity (Wildman–Crippen MR) is 102 cm³/mol. The van der Waals surface area contributed by atoms with E-state index in [0.717, 1.165) is 10.9 Å². The molecular formula is C19H20FN5O3. The number of aryl methyl sites for hydroxylation is 1. The molecule has 9 heteroatoms. The number of ether oxygens (including phenoxy) is 2. The van der Waals surface area contributed by atoms with Crippen LogP contribution in [0.15, 0.2) is 36.5 Å². The molecule has 4 rings (SSSR count). The second kappa shape index (κ2) is 7.43. The van der Waals surface area contributed by atoms with Gasteiger partial charge >= 0.3 is 0 Å². The molecule has 1 aliphatic rings. The van der Waals surface area contributed by atoms with Crippen LogP contribution >= 0.6 is 0 Å². The zero-order valence-electron chi connectivity index (χ0n) is 15.3. The fourth-order valence-corrected chi connectivity index (χ4v) is 3.15. The molecule has 8 nitrogen and oxygen atoms in total. The van der Waals surface area contributed by atoms with E-state index in [2.05, 4.69) is 15.4 Å². The van der Waals surface area contributed by atoms with E-state index < -0.39 is 18.2 Å². The van der Waals surface area contributed by atoms with Gasteiger partial charge in [-0.05, 0) is 30.3 Å². The SMILES string of the molecule is Cn1nc(OC2CCOCC2F)c2ccc(NC(=O)c3ncccc3N)cc21. The number of nitrogens with zero attached hydrogens (tertiary/aromatic N) is 3. The summed E-state index contributed by atoms with van der Waals surface area (Å²) in [5.41, 5.74) is 7.56. The molecule has 3 heterocycles. The van der Waals surface area contributed by atoms with Crippen LogP contribution in [-0.4, -0.2) is 46.2 Å². The highest BCUT2D eigenvalue weighted by Crippen LogP contribution is 2.29. The summed E-state index contributed by atoms with van der Waals surface area (Å²) in [6.07, 6.45) is 0.207. The van der Waals surface area contributed by atoms with Crippen molar-refractivity contribution in [3.05, 3.63) is 42.2 Å². The minimum absolute atomic E-state index is 0.0300. The normalized spacial score (nSPS) is 19.5. The van der Waals surface area contributed by atoms with Gasteiger partial charge < -0.3 is 20.5 Å². The topological polar surface area (TPSA) is 104 Å². The van der Waals surface area contributed by atoms with Crippen molar-refractivity contribution < 1.29 is 18.7 Å². The van der Waals surface area contributed by atoms with Gasteiger partial charge in [-0.2, -0.15) is 0 Å². The van der Waals surface area contributed by atoms with Crippen LogP contribution in [0, 0.1) is 0 Å². The number of anilines is 2. The van der Waals surface area contributed by atoms with E-state index in [0.29, 0.717) is 30.3 Å². The number of nitrogens with one attached hydrogen (secondary N) is 1. The number of nitrogen functional groups attached to an aromatic ring is 1. The molecule has 2 unspecified atom stereocenters. The summed E-state index contributed by atoms with van der Waals surface area (Å²) >= 11 is 0. The lowest BCUT2D eigenvalue weighted by molar-refractivity contribution is -0.0393. The van der Waals surface area contributed by atoms with Crippen LogP contribution in [0.25, 0.3) is 10.9 Å². The highest BCUT2D eigenvalue weighted by Gasteiger charge is 2.28. The minimum Gasteiger partial charge on any atom is -0.470 e. The molecule has 0 spiro atoms. The van der Waals surface area contributed by atoms with Gasteiger partial charge in [-0.15, -0.1) is 5.10 Å². The third-order valence-electron chi connectivity index (χ3n) is 4.62. The van der Waals surface area contributed by atoms with Crippen LogP contribution in [0.5, 0.6) is 5.88 Å². The molecule has 3 aromatic rings. The lowest BCUT2D eigenvalue weighted by Gasteiger charge is -2.25. The number of benzene rings is 1. The van der Waals surface area contributed by atoms with Gasteiger partial charge in [0.05, 0.1) is 29.8 Å². The third-order valence-corrected chi connectivity index (χ3v) is 4.62. The van der Waals surface area contributed by atoms with Gasteiger partial charge in [-0.25, -0.2) is 9.37 Å². The van der Waals surface area contributed by atoms with E-state index in [4.69, 9.17) is 15.2 Å². The van der Waals surface area contributed by atoms with Crippen molar-refractivity contribution in [2.45, 2.75) is 18.7 Å². The second-order valence-corrected chi connectivity index (χ2v) is 6.59. The van der Waals surface area contributed by atoms with Gasteiger partial charge in [0.15, 0.2) is 11.9 Å². The zero-order valence-corrected chi connectivity index (χ0v) is 15.3. The number of carbonyl (C=O) groups is 1. The van der Waals surface area contributed by atoms with Crippen LogP contribution in [0.4, 0.5) is 15.8 Å². The van der Waals surface area contributed by atoms with E-state index in [1.807, 2.05) is 0 Å². The summed E-state index contributed by atoms with van der Waals surface area (Å²) < 4.78 is 26.5. The summed E-state index contributed by atoms with van der Waals surface area (Å²) in [5.74, 6) is -0.0440. The maximum absolute atomic E-state index is 14.0. The Balaban J connectivity index is 1.57. The van der Waals surface area contributed by atoms with Crippen LogP contribution in [0.2, 0.25) is 0 Å². The number of rotatable bonds is 4. The van der Waals surface area contributed by atoms with Crippen LogP contribution in [-0.2, 0) is 11.8 Å². The molecule has 2 atom stereocenters. The number of aromatic nitrogens is 3. The van der Waals surface area contributed by atoms with E-state index in [-0.39, 0.29) is 12.3 Å². The van der Waals surface area contributed by atoms with Crippen molar-refractivity contribution in [3.8, 4) is 5.88 Å². The molecule has 0 bridgehead atoms. The number of halogens is 1. The predicted octanol–water partition coefficient (Wildman–Crippen LogP) is 2.31. The number of alkyl halides is 1. The number of carbonyl (C=O) groups excluding carboxylic acids is 1. The van der Waals surface area contributed by atoms with Crippen molar-refractivity contribution in [1.82, 2.24) is 14.8 Å². The third kappa shape index (κ3) is 3.48. The van der Waals surface area contributed by atoms with Crippen molar-refractivity contribution in [2.24, 2.45) is 7.05 Å². The largest absolute Gasteiger partial charge is 0.470 e. The highest BCUT2D eigenvalue weighted by atomic mass is 19.1. The lowest BCUT2D eigenvalue weighted by Crippen LogP contribution is -2.37. The average Bonchev–Trinajstić information content (AvgIpc) is 2.99. The number of nitrogens with two attached hydrogens (primary N) is 1. The van der Waals surface area contributed by atoms with Crippen molar-refractivity contribution >= 4 is 28.2 Å². The maximum Gasteiger partial charge on any atom is 0.276 e. The van der Waals surface area contributed by atoms with E-state index in [1.165, 1.54) is 6.20 Å². The molecule has 0 aliphatic carbocycles. The number of pyridine rings is 1. The quantitative estimate of drug-likeness (QED) is 0.714. The molecule has 2 aromatic heterocycles. The van der Waals surface area contributed by atoms with Crippen molar-refractivity contribution in [1.29, 1.82) is 0 Å². The van der Waals surface area contributed by atoms with Gasteiger partial charge in [0.2, 0.25) is 5.88 Å². The van der Waals surface area contributed by atoms with Gasteiger partial charge in [-0.1, -0.05) is 0 Å². The van der Waals surface area contributed by atoms with Crippen molar-refractivity contribution in [3.63, 3.8) is 0 Å². The Morgan fingerprint density at radius 2 is 2.29 bits per heavy atom. The van der Waals surface area contributed by atoms with Gasteiger partial charge in [0.25, 0.3) is 5.91 Å². The first kappa shape index (κ1) is 18.2. The Hall–Kier alpha value is -3.20. The first-order valence-electron chi connectivity index (χ1n) is 8.90. The molecular weight excluding hydrogens is 365 g/mol. The summed E-state index contributed by atoms with van der Waals surface area (Å²) in [6.45, 7) is 0.491. The molecule has 3 N–H and O–H groups in total. The number of hydrogen-bond acceptors (Lipinski definition) is 6. The minimum atomic E-state index is -1.19. The summed E-state index contributed by atoms with van der Waals surface area (Å²) in [7, 11) is 1.76. The number of amides is 1. The molecule has 1 aromatic carbocycles. The van der Waals surface area contributed by atoms with Gasteiger partial charge in [0, 0.05) is 25.4 Å². The Morgan fingerprint density at radius 1 is 1.43 bits per heavy atom. The first-order chi connectivity index (χ1) is 13.5. The van der Waals surface area contributed by atoms with E-state index in [9.17, 15) is 9.18 Å². The second-order valence-electron chi connectivity index (χ2n) is 6.59. The van der Waals surface area contributed by atoms with E-state index >= 15 is 0 Å². The molecule has 1 amide bonds. The van der Waals surface area contributed by atoms with Gasteiger partial charge in [-0.3, -0.25) is 9.48 Å². The summed E-state index contributed by atoms with van der Waals surface area (Å²) in [4.78, 5) is 16.4. The molecule has 0 saturated carbocycles. The highest BCUT2D eigenvalue weighted by molar-refractivity contribution is 6.06. The monoisotopic (exact) mass is 385 g/mol. The van der Waals surface area contributed by atoms with Gasteiger partial charge in [0.1, 0.15) is 6.10 Å². The average molecular weight is 385 g/mol. The van der Waals surface area contributed by atoms with Crippen molar-refractivity contribution in [2.75, 3.05) is 24.3 Å². The van der Waals surface area contributed by atoms with Crippen LogP contribution in [0.1, 0.15) is 16.9 Å². The molecule has 146 valence electrons. The Bertz CT molecular complexity index is 1020. The number of hydrogen-bond donors (Lipinski definition) is 2. The fraction of sp³-hybridized carbons (Fsp3) is 0.316. The number of fused-ring (bicyclic) bond motifs is 1. The van der Waals surface area contributed by atoms with Crippen LogP contribution < -0.4 is 15.8 Å². The standard InChI is InChI=1S/C19H20FN5O3/c1-25-15-9-11(23-18(26)17-14(21)3-2-7-22-17)4-5-12(15)19(24-25)28-16-6-8-27-10-13(16)20/h2-5,7,9,13,16H,6,8,10,21H2,1H3,(H,23,26). The molecule has 1 saturated heterocycles. The summed E-state index contributed by atoms with van der Waals surface area (Å²) in [6, 6.07) is 8.55.